The zero-order valence-electron chi connectivity index (χ0n) is 10.2. The summed E-state index contributed by atoms with van der Waals surface area (Å²) in [6.07, 6.45) is 11.4. The Morgan fingerprint density at radius 3 is 1.18 bits per heavy atom. The lowest BCUT2D eigenvalue weighted by Crippen LogP contribution is -1.93. The van der Waals surface area contributed by atoms with Gasteiger partial charge in [0.2, 0.25) is 0 Å². The van der Waals surface area contributed by atoms with E-state index in [-0.39, 0.29) is 4.33 Å². The van der Waals surface area contributed by atoms with Crippen molar-refractivity contribution in [1.29, 1.82) is 0 Å². The summed E-state index contributed by atoms with van der Waals surface area (Å²) < 4.78 is -0.320. The van der Waals surface area contributed by atoms with Crippen LogP contribution in [0.25, 0.3) is 0 Å². The van der Waals surface area contributed by atoms with Gasteiger partial charge in [0.05, 0.1) is 0 Å². The Morgan fingerprint density at radius 2 is 0.882 bits per heavy atom. The molecule has 2 unspecified atom stereocenters. The number of halogens is 2. The summed E-state index contributed by atoms with van der Waals surface area (Å²) in [6.45, 7) is 0. The zero-order valence-corrected chi connectivity index (χ0v) is 11.7. The second-order valence-corrected chi connectivity index (χ2v) is 8.63. The van der Waals surface area contributed by atoms with Crippen LogP contribution < -0.4 is 0 Å². The standard InChI is InChI=1S/C15H20Cl2/c16-15(17)13(9-5-1-2-6-10(9)13)14(15)11-7-3-4-8-12(11)14/h9-12H,1-8H2/t9-,10+,11-,12+,13?,14?. The lowest BCUT2D eigenvalue weighted by atomic mass is 10.0. The topological polar surface area (TPSA) is 0 Å². The van der Waals surface area contributed by atoms with Crippen LogP contribution in [0.15, 0.2) is 0 Å². The van der Waals surface area contributed by atoms with Crippen LogP contribution >= 0.6 is 23.2 Å². The summed E-state index contributed by atoms with van der Waals surface area (Å²) in [6, 6.07) is 0. The third-order valence-corrected chi connectivity index (χ3v) is 8.57. The van der Waals surface area contributed by atoms with E-state index < -0.39 is 0 Å². The smallest absolute Gasteiger partial charge is 0.100 e. The Balaban J connectivity index is 1.56. The molecule has 5 aliphatic carbocycles. The first-order valence-electron chi connectivity index (χ1n) is 7.58. The van der Waals surface area contributed by atoms with E-state index in [1.165, 1.54) is 51.4 Å². The first-order chi connectivity index (χ1) is 8.20. The average Bonchev–Trinajstić information content (AvgIpc) is 3.22. The van der Waals surface area contributed by atoms with Gasteiger partial charge in [-0.15, -0.1) is 23.2 Å². The highest BCUT2D eigenvalue weighted by atomic mass is 35.5. The fraction of sp³-hybridized carbons (Fsp3) is 1.00. The molecule has 5 saturated carbocycles. The van der Waals surface area contributed by atoms with Gasteiger partial charge < -0.3 is 0 Å². The molecule has 6 atom stereocenters. The van der Waals surface area contributed by atoms with Crippen molar-refractivity contribution in [1.82, 2.24) is 0 Å². The van der Waals surface area contributed by atoms with Crippen LogP contribution in [0.5, 0.6) is 0 Å². The Labute approximate surface area is 113 Å². The van der Waals surface area contributed by atoms with Crippen molar-refractivity contribution in [2.75, 3.05) is 0 Å². The number of hydrogen-bond donors (Lipinski definition) is 0. The van der Waals surface area contributed by atoms with Gasteiger partial charge in [0.15, 0.2) is 0 Å². The minimum absolute atomic E-state index is 0.320. The molecular weight excluding hydrogens is 251 g/mol. The van der Waals surface area contributed by atoms with Crippen molar-refractivity contribution in [3.63, 3.8) is 0 Å². The van der Waals surface area contributed by atoms with E-state index in [2.05, 4.69) is 0 Å². The highest BCUT2D eigenvalue weighted by Gasteiger charge is 3.07. The molecule has 5 fully saturated rings. The summed E-state index contributed by atoms with van der Waals surface area (Å²) in [5, 5.41) is 0. The zero-order chi connectivity index (χ0) is 11.5. The highest BCUT2D eigenvalue weighted by Crippen LogP contribution is 3.06. The van der Waals surface area contributed by atoms with Gasteiger partial charge in [-0.05, 0) is 49.4 Å². The lowest BCUT2D eigenvalue weighted by molar-refractivity contribution is 0.480. The van der Waals surface area contributed by atoms with E-state index in [0.717, 1.165) is 23.7 Å². The van der Waals surface area contributed by atoms with Crippen LogP contribution in [-0.2, 0) is 0 Å². The van der Waals surface area contributed by atoms with E-state index in [1.807, 2.05) is 0 Å². The summed E-state index contributed by atoms with van der Waals surface area (Å²) in [5.74, 6) is 3.65. The molecule has 5 aliphatic rings. The summed E-state index contributed by atoms with van der Waals surface area (Å²) in [5.41, 5.74) is 0.832. The molecule has 0 heterocycles. The number of fused-ring (bicyclic) bond motifs is 7. The predicted molar refractivity (Wildman–Crippen MR) is 70.2 cm³/mol. The molecular formula is C15H20Cl2. The van der Waals surface area contributed by atoms with E-state index in [4.69, 9.17) is 23.2 Å². The van der Waals surface area contributed by atoms with Crippen molar-refractivity contribution in [2.45, 2.75) is 55.7 Å². The molecule has 0 nitrogen and oxygen atoms in total. The van der Waals surface area contributed by atoms with Crippen LogP contribution in [-0.4, -0.2) is 4.33 Å². The largest absolute Gasteiger partial charge is 0.131 e. The molecule has 0 aromatic heterocycles. The first kappa shape index (κ1) is 10.4. The second kappa shape index (κ2) is 2.70. The van der Waals surface area contributed by atoms with Crippen LogP contribution in [0, 0.1) is 34.5 Å². The Bertz CT molecular complexity index is 340. The third kappa shape index (κ3) is 0.772. The van der Waals surface area contributed by atoms with Gasteiger partial charge in [-0.1, -0.05) is 25.7 Å². The highest BCUT2D eigenvalue weighted by molar-refractivity contribution is 6.53. The third-order valence-electron chi connectivity index (χ3n) is 7.31. The molecule has 2 heteroatoms. The molecule has 0 N–H and O–H groups in total. The number of hydrogen-bond acceptors (Lipinski definition) is 0. The van der Waals surface area contributed by atoms with Crippen LogP contribution in [0.4, 0.5) is 0 Å². The molecule has 0 aromatic rings. The van der Waals surface area contributed by atoms with Crippen molar-refractivity contribution in [3.05, 3.63) is 0 Å². The molecule has 0 radical (unpaired) electrons. The van der Waals surface area contributed by atoms with Crippen LogP contribution in [0.2, 0.25) is 0 Å². The molecule has 0 amide bonds. The van der Waals surface area contributed by atoms with Gasteiger partial charge in [0.1, 0.15) is 4.33 Å². The maximum Gasteiger partial charge on any atom is 0.131 e. The van der Waals surface area contributed by atoms with Crippen molar-refractivity contribution >= 4 is 23.2 Å². The molecule has 0 aliphatic heterocycles. The monoisotopic (exact) mass is 270 g/mol. The fourth-order valence-corrected chi connectivity index (χ4v) is 8.64. The van der Waals surface area contributed by atoms with Gasteiger partial charge >= 0.3 is 0 Å². The molecule has 17 heavy (non-hydrogen) atoms. The maximum absolute atomic E-state index is 6.86. The van der Waals surface area contributed by atoms with Crippen LogP contribution in [0.1, 0.15) is 51.4 Å². The molecule has 0 aromatic carbocycles. The van der Waals surface area contributed by atoms with Crippen molar-refractivity contribution < 1.29 is 0 Å². The van der Waals surface area contributed by atoms with Gasteiger partial charge in [-0.3, -0.25) is 0 Å². The van der Waals surface area contributed by atoms with Gasteiger partial charge in [0.25, 0.3) is 0 Å². The Kier molecular flexibility index (Phi) is 1.65. The van der Waals surface area contributed by atoms with Gasteiger partial charge in [0, 0.05) is 10.8 Å². The Hall–Kier alpha value is 0.580. The van der Waals surface area contributed by atoms with Crippen molar-refractivity contribution in [3.8, 4) is 0 Å². The minimum atomic E-state index is -0.320. The van der Waals surface area contributed by atoms with E-state index in [0.29, 0.717) is 10.8 Å². The summed E-state index contributed by atoms with van der Waals surface area (Å²) in [7, 11) is 0. The predicted octanol–water partition coefficient (Wildman–Crippen LogP) is 4.79. The molecule has 0 bridgehead atoms. The molecule has 2 spiro atoms. The fourth-order valence-electron chi connectivity index (χ4n) is 6.98. The average molecular weight is 271 g/mol. The van der Waals surface area contributed by atoms with E-state index >= 15 is 0 Å². The van der Waals surface area contributed by atoms with Gasteiger partial charge in [-0.2, -0.15) is 0 Å². The number of alkyl halides is 2. The lowest BCUT2D eigenvalue weighted by Gasteiger charge is -2.04. The summed E-state index contributed by atoms with van der Waals surface area (Å²) in [4.78, 5) is 0. The second-order valence-electron chi connectivity index (χ2n) is 7.31. The first-order valence-corrected chi connectivity index (χ1v) is 8.34. The van der Waals surface area contributed by atoms with Gasteiger partial charge in [-0.25, -0.2) is 0 Å². The van der Waals surface area contributed by atoms with Crippen LogP contribution in [0.3, 0.4) is 0 Å². The number of rotatable bonds is 0. The molecule has 94 valence electrons. The molecule has 0 saturated heterocycles. The van der Waals surface area contributed by atoms with Crippen molar-refractivity contribution in [2.24, 2.45) is 34.5 Å². The normalized spacial score (nSPS) is 65.3. The van der Waals surface area contributed by atoms with E-state index in [9.17, 15) is 0 Å². The SMILES string of the molecule is ClC1(Cl)C2([C@@H]3CCCC[C@@H]32)C12[C@@H]1CCCC[C@@H]12. The molecule has 5 rings (SSSR count). The quantitative estimate of drug-likeness (QED) is 0.556. The van der Waals surface area contributed by atoms with E-state index in [1.54, 1.807) is 0 Å². The maximum atomic E-state index is 6.86. The minimum Gasteiger partial charge on any atom is -0.100 e. The summed E-state index contributed by atoms with van der Waals surface area (Å²) >= 11 is 13.7. The Morgan fingerprint density at radius 1 is 0.588 bits per heavy atom.